The van der Waals surface area contributed by atoms with Crippen LogP contribution in [0.4, 0.5) is 0 Å². The van der Waals surface area contributed by atoms with E-state index in [2.05, 4.69) is 32.7 Å². The van der Waals surface area contributed by atoms with Gasteiger partial charge in [-0.25, -0.2) is 4.98 Å². The van der Waals surface area contributed by atoms with Crippen molar-refractivity contribution in [3.05, 3.63) is 16.1 Å². The summed E-state index contributed by atoms with van der Waals surface area (Å²) in [5.74, 6) is 1.30. The summed E-state index contributed by atoms with van der Waals surface area (Å²) in [6.07, 6.45) is 0. The maximum atomic E-state index is 12.4. The molecule has 0 saturated carbocycles. The predicted molar refractivity (Wildman–Crippen MR) is 78.4 cm³/mol. The third-order valence-electron chi connectivity index (χ3n) is 3.79. The Bertz CT molecular complexity index is 455. The largest absolute Gasteiger partial charge is 0.335 e. The summed E-state index contributed by atoms with van der Waals surface area (Å²) in [5.41, 5.74) is 6.70. The number of aromatic nitrogens is 1. The van der Waals surface area contributed by atoms with E-state index in [9.17, 15) is 4.79 Å². The monoisotopic (exact) mass is 281 g/mol. The predicted octanol–water partition coefficient (Wildman–Crippen LogP) is 2.32. The number of nitrogens with two attached hydrogens (primary N) is 1. The van der Waals surface area contributed by atoms with Crippen molar-refractivity contribution in [1.29, 1.82) is 0 Å². The topological polar surface area (TPSA) is 59.2 Å². The standard InChI is InChI=1S/C14H23N3OS/c1-8(2)10-5-17(6-11(10)15)14(18)12-7-19-13(16-12)9(3)4/h7-11H,5-6,15H2,1-4H3/t10-,11+/m1/s1. The van der Waals surface area contributed by atoms with Crippen LogP contribution in [0.15, 0.2) is 5.38 Å². The van der Waals surface area contributed by atoms with E-state index in [0.29, 0.717) is 30.0 Å². The smallest absolute Gasteiger partial charge is 0.273 e. The van der Waals surface area contributed by atoms with Crippen molar-refractivity contribution < 1.29 is 4.79 Å². The SMILES string of the molecule is CC(C)c1nc(C(=O)N2C[C@H](C(C)C)[C@@H](N)C2)cs1. The van der Waals surface area contributed by atoms with Crippen LogP contribution in [0.25, 0.3) is 0 Å². The van der Waals surface area contributed by atoms with Gasteiger partial charge in [-0.05, 0) is 11.8 Å². The summed E-state index contributed by atoms with van der Waals surface area (Å²) in [6.45, 7) is 9.92. The molecule has 106 valence electrons. The van der Waals surface area contributed by atoms with Gasteiger partial charge >= 0.3 is 0 Å². The molecule has 0 spiro atoms. The van der Waals surface area contributed by atoms with E-state index in [-0.39, 0.29) is 11.9 Å². The molecule has 0 bridgehead atoms. The summed E-state index contributed by atoms with van der Waals surface area (Å²) in [7, 11) is 0. The van der Waals surface area contributed by atoms with Gasteiger partial charge in [-0.3, -0.25) is 4.79 Å². The number of likely N-dealkylation sites (tertiary alicyclic amines) is 1. The minimum absolute atomic E-state index is 0.0294. The highest BCUT2D eigenvalue weighted by molar-refractivity contribution is 7.09. The van der Waals surface area contributed by atoms with Crippen LogP contribution in [-0.2, 0) is 0 Å². The molecule has 2 atom stereocenters. The van der Waals surface area contributed by atoms with Crippen LogP contribution >= 0.6 is 11.3 Å². The van der Waals surface area contributed by atoms with Crippen LogP contribution in [0.1, 0.15) is 49.1 Å². The molecule has 1 aliphatic heterocycles. The van der Waals surface area contributed by atoms with Gasteiger partial charge in [0, 0.05) is 30.4 Å². The molecule has 2 heterocycles. The number of hydrogen-bond donors (Lipinski definition) is 1. The molecule has 1 amide bonds. The lowest BCUT2D eigenvalue weighted by atomic mass is 9.92. The number of rotatable bonds is 3. The Kier molecular flexibility index (Phi) is 4.26. The van der Waals surface area contributed by atoms with E-state index in [1.807, 2.05) is 10.3 Å². The maximum Gasteiger partial charge on any atom is 0.273 e. The van der Waals surface area contributed by atoms with Gasteiger partial charge in [-0.1, -0.05) is 27.7 Å². The number of thiazole rings is 1. The van der Waals surface area contributed by atoms with Gasteiger partial charge in [0.1, 0.15) is 5.69 Å². The van der Waals surface area contributed by atoms with E-state index in [0.717, 1.165) is 11.6 Å². The zero-order valence-corrected chi connectivity index (χ0v) is 12.9. The molecular formula is C14H23N3OS. The molecule has 0 radical (unpaired) electrons. The number of amides is 1. The Labute approximate surface area is 119 Å². The van der Waals surface area contributed by atoms with Gasteiger partial charge in [-0.15, -0.1) is 11.3 Å². The molecule has 0 aliphatic carbocycles. The van der Waals surface area contributed by atoms with Crippen molar-refractivity contribution in [3.63, 3.8) is 0 Å². The zero-order chi connectivity index (χ0) is 14.2. The van der Waals surface area contributed by atoms with Crippen molar-refractivity contribution in [2.45, 2.75) is 39.7 Å². The van der Waals surface area contributed by atoms with Gasteiger partial charge in [0.25, 0.3) is 5.91 Å². The summed E-state index contributed by atoms with van der Waals surface area (Å²) in [6, 6.07) is 0.0900. The first-order valence-electron chi connectivity index (χ1n) is 6.90. The number of carbonyl (C=O) groups excluding carboxylic acids is 1. The van der Waals surface area contributed by atoms with E-state index in [1.165, 1.54) is 0 Å². The van der Waals surface area contributed by atoms with E-state index in [1.54, 1.807) is 11.3 Å². The second-order valence-electron chi connectivity index (χ2n) is 6.01. The Morgan fingerprint density at radius 3 is 2.58 bits per heavy atom. The molecule has 19 heavy (non-hydrogen) atoms. The lowest BCUT2D eigenvalue weighted by molar-refractivity contribution is 0.0778. The van der Waals surface area contributed by atoms with Crippen LogP contribution in [0.3, 0.4) is 0 Å². The third-order valence-corrected chi connectivity index (χ3v) is 4.94. The molecule has 1 aliphatic rings. The molecule has 2 N–H and O–H groups in total. The molecule has 1 fully saturated rings. The summed E-state index contributed by atoms with van der Waals surface area (Å²) in [5, 5.41) is 2.89. The maximum absolute atomic E-state index is 12.4. The normalized spacial score (nSPS) is 23.6. The highest BCUT2D eigenvalue weighted by atomic mass is 32.1. The van der Waals surface area contributed by atoms with Crippen molar-refractivity contribution in [3.8, 4) is 0 Å². The fourth-order valence-electron chi connectivity index (χ4n) is 2.54. The van der Waals surface area contributed by atoms with Gasteiger partial charge in [0.15, 0.2) is 0 Å². The van der Waals surface area contributed by atoms with Crippen LogP contribution in [-0.4, -0.2) is 34.9 Å². The van der Waals surface area contributed by atoms with Gasteiger partial charge in [0.05, 0.1) is 5.01 Å². The third kappa shape index (κ3) is 2.98. The second kappa shape index (κ2) is 5.59. The molecule has 0 unspecified atom stereocenters. The lowest BCUT2D eigenvalue weighted by Gasteiger charge is -2.18. The van der Waals surface area contributed by atoms with E-state index < -0.39 is 0 Å². The molecule has 1 aromatic heterocycles. The Balaban J connectivity index is 2.08. The molecule has 5 heteroatoms. The van der Waals surface area contributed by atoms with Crippen LogP contribution in [0, 0.1) is 11.8 Å². The first-order valence-corrected chi connectivity index (χ1v) is 7.78. The summed E-state index contributed by atoms with van der Waals surface area (Å²) < 4.78 is 0. The van der Waals surface area contributed by atoms with Gasteiger partial charge in [0.2, 0.25) is 0 Å². The Morgan fingerprint density at radius 2 is 2.11 bits per heavy atom. The van der Waals surface area contributed by atoms with E-state index in [4.69, 9.17) is 5.73 Å². The Hall–Kier alpha value is -0.940. The van der Waals surface area contributed by atoms with Gasteiger partial charge in [-0.2, -0.15) is 0 Å². The van der Waals surface area contributed by atoms with E-state index >= 15 is 0 Å². The Morgan fingerprint density at radius 1 is 1.42 bits per heavy atom. The number of carbonyl (C=O) groups is 1. The first-order chi connectivity index (χ1) is 8.90. The fourth-order valence-corrected chi connectivity index (χ4v) is 3.35. The van der Waals surface area contributed by atoms with Crippen LogP contribution < -0.4 is 5.73 Å². The molecular weight excluding hydrogens is 258 g/mol. The second-order valence-corrected chi connectivity index (χ2v) is 6.90. The van der Waals surface area contributed by atoms with Crippen molar-refractivity contribution in [1.82, 2.24) is 9.88 Å². The molecule has 1 saturated heterocycles. The van der Waals surface area contributed by atoms with Crippen molar-refractivity contribution in [2.75, 3.05) is 13.1 Å². The minimum atomic E-state index is 0.0294. The number of hydrogen-bond acceptors (Lipinski definition) is 4. The average Bonchev–Trinajstić information content (AvgIpc) is 2.94. The molecule has 2 rings (SSSR count). The summed E-state index contributed by atoms with van der Waals surface area (Å²) in [4.78, 5) is 18.7. The number of nitrogens with zero attached hydrogens (tertiary/aromatic N) is 2. The summed E-state index contributed by atoms with van der Waals surface area (Å²) >= 11 is 1.56. The first kappa shape index (κ1) is 14.5. The fraction of sp³-hybridized carbons (Fsp3) is 0.714. The van der Waals surface area contributed by atoms with Gasteiger partial charge < -0.3 is 10.6 Å². The highest BCUT2D eigenvalue weighted by Crippen LogP contribution is 2.25. The highest BCUT2D eigenvalue weighted by Gasteiger charge is 2.35. The van der Waals surface area contributed by atoms with Crippen LogP contribution in [0.2, 0.25) is 0 Å². The molecule has 4 nitrogen and oxygen atoms in total. The van der Waals surface area contributed by atoms with Crippen molar-refractivity contribution >= 4 is 17.2 Å². The lowest BCUT2D eigenvalue weighted by Crippen LogP contribution is -2.33. The minimum Gasteiger partial charge on any atom is -0.335 e. The zero-order valence-electron chi connectivity index (χ0n) is 12.1. The molecule has 0 aromatic carbocycles. The molecule has 1 aromatic rings. The quantitative estimate of drug-likeness (QED) is 0.925. The average molecular weight is 281 g/mol. The van der Waals surface area contributed by atoms with Crippen molar-refractivity contribution in [2.24, 2.45) is 17.6 Å². The van der Waals surface area contributed by atoms with Crippen LogP contribution in [0.5, 0.6) is 0 Å².